The standard InChI is InChI=1S/C22H16F3N5O3.C13H13N3O2.C9H5F3N2O2/c1-26-20(31)18-11-15(8-9-27-18)33-14-5-3-13(4-6-14)28-21(32)19-29-16-7-2-12(22(23,24)25)10-17(16)30-19;1-15-13(17)12-8-11(6-7-16-12)18-10-4-2-9(14)3-5-10;10-9(11,12)4-1-2-5-6(3-4)14-7(13-5)8(15)16/h2-11H,1H3,(H,26,31)(H,28,32)(H,29,30);2-8H,14H2,1H3,(H,15,17);1-3H,(H,13,14)(H,15,16). The number of imidazole rings is 2. The minimum atomic E-state index is -4.49. The highest BCUT2D eigenvalue weighted by Crippen LogP contribution is 2.32. The molecule has 4 aromatic carbocycles. The van der Waals surface area contributed by atoms with Gasteiger partial charge in [-0.1, -0.05) is 0 Å². The van der Waals surface area contributed by atoms with E-state index in [0.717, 1.165) is 30.3 Å². The van der Waals surface area contributed by atoms with Gasteiger partial charge in [-0.25, -0.2) is 14.8 Å². The number of carboxylic acids is 1. The molecule has 3 amide bonds. The maximum atomic E-state index is 12.9. The van der Waals surface area contributed by atoms with Crippen LogP contribution in [0.15, 0.2) is 122 Å². The minimum absolute atomic E-state index is 0.0484. The number of H-pyrrole nitrogens is 2. The van der Waals surface area contributed by atoms with Crippen LogP contribution in [-0.4, -0.2) is 72.8 Å². The van der Waals surface area contributed by atoms with Crippen molar-refractivity contribution in [2.45, 2.75) is 12.4 Å². The summed E-state index contributed by atoms with van der Waals surface area (Å²) < 4.78 is 86.9. The number of pyridine rings is 2. The number of rotatable bonds is 9. The van der Waals surface area contributed by atoms with Crippen molar-refractivity contribution in [2.24, 2.45) is 0 Å². The molecular formula is C44H34F6N10O7. The molecule has 0 unspecified atom stereocenters. The maximum absolute atomic E-state index is 12.9. The zero-order valence-corrected chi connectivity index (χ0v) is 34.6. The second-order valence-electron chi connectivity index (χ2n) is 13.6. The molecule has 17 nitrogen and oxygen atoms in total. The number of amides is 3. The van der Waals surface area contributed by atoms with Crippen molar-refractivity contribution in [1.82, 2.24) is 40.5 Å². The van der Waals surface area contributed by atoms with Crippen molar-refractivity contribution in [3.63, 3.8) is 0 Å². The summed E-state index contributed by atoms with van der Waals surface area (Å²) in [6, 6.07) is 25.5. The van der Waals surface area contributed by atoms with Gasteiger partial charge in [0.15, 0.2) is 5.82 Å². The summed E-state index contributed by atoms with van der Waals surface area (Å²) >= 11 is 0. The largest absolute Gasteiger partial charge is 0.475 e. The normalized spacial score (nSPS) is 11.0. The number of fused-ring (bicyclic) bond motifs is 2. The number of hydrogen-bond acceptors (Lipinski definition) is 11. The molecule has 0 aliphatic rings. The monoisotopic (exact) mass is 928 g/mol. The van der Waals surface area contributed by atoms with Crippen LogP contribution in [-0.2, 0) is 12.4 Å². The number of aromatic nitrogens is 6. The smallest absolute Gasteiger partial charge is 0.416 e. The Morgan fingerprint density at radius 1 is 0.567 bits per heavy atom. The second-order valence-corrected chi connectivity index (χ2v) is 13.6. The summed E-state index contributed by atoms with van der Waals surface area (Å²) in [7, 11) is 3.05. The molecule has 344 valence electrons. The third-order valence-electron chi connectivity index (χ3n) is 8.88. The highest BCUT2D eigenvalue weighted by Gasteiger charge is 2.32. The second kappa shape index (κ2) is 20.2. The van der Waals surface area contributed by atoms with E-state index in [9.17, 15) is 45.5 Å². The van der Waals surface area contributed by atoms with E-state index in [0.29, 0.717) is 40.1 Å². The van der Waals surface area contributed by atoms with Gasteiger partial charge in [-0.15, -0.1) is 0 Å². The van der Waals surface area contributed by atoms with E-state index < -0.39 is 35.4 Å². The fourth-order valence-electron chi connectivity index (χ4n) is 5.64. The third kappa shape index (κ3) is 12.6. The molecule has 0 saturated carbocycles. The van der Waals surface area contributed by atoms with E-state index in [1.807, 2.05) is 0 Å². The van der Waals surface area contributed by atoms with Crippen LogP contribution in [0.4, 0.5) is 37.7 Å². The number of halogens is 6. The average molecular weight is 929 g/mol. The van der Waals surface area contributed by atoms with E-state index in [4.69, 9.17) is 20.3 Å². The number of nitrogens with two attached hydrogens (primary N) is 1. The number of carbonyl (C=O) groups is 4. The Bertz CT molecular complexity index is 3070. The fourth-order valence-corrected chi connectivity index (χ4v) is 5.64. The first-order chi connectivity index (χ1) is 31.8. The van der Waals surface area contributed by atoms with Crippen LogP contribution in [0.5, 0.6) is 23.0 Å². The molecule has 0 atom stereocenters. The molecule has 8 rings (SSSR count). The third-order valence-corrected chi connectivity index (χ3v) is 8.88. The number of hydrogen-bond donors (Lipinski definition) is 7. The van der Waals surface area contributed by atoms with Crippen molar-refractivity contribution in [3.8, 4) is 23.0 Å². The van der Waals surface area contributed by atoms with Gasteiger partial charge in [0.25, 0.3) is 17.7 Å². The molecule has 23 heteroatoms. The lowest BCUT2D eigenvalue weighted by Gasteiger charge is -2.08. The maximum Gasteiger partial charge on any atom is 0.416 e. The first-order valence-electron chi connectivity index (χ1n) is 19.2. The number of ether oxygens (including phenoxy) is 2. The molecule has 0 bridgehead atoms. The number of alkyl halides is 6. The van der Waals surface area contributed by atoms with E-state index in [-0.39, 0.29) is 51.2 Å². The number of benzene rings is 4. The lowest BCUT2D eigenvalue weighted by atomic mass is 10.2. The number of aromatic amines is 2. The number of anilines is 2. The Labute approximate surface area is 373 Å². The van der Waals surface area contributed by atoms with Crippen LogP contribution >= 0.6 is 0 Å². The van der Waals surface area contributed by atoms with Crippen LogP contribution < -0.4 is 31.2 Å². The molecule has 8 N–H and O–H groups in total. The number of nitrogen functional groups attached to an aromatic ring is 1. The molecular weight excluding hydrogens is 895 g/mol. The number of carboxylic acid groups (broad SMARTS) is 1. The summed E-state index contributed by atoms with van der Waals surface area (Å²) in [5.41, 5.74) is 6.08. The highest BCUT2D eigenvalue weighted by molar-refractivity contribution is 6.03. The number of carbonyl (C=O) groups excluding carboxylic acids is 3. The predicted molar refractivity (Wildman–Crippen MR) is 230 cm³/mol. The van der Waals surface area contributed by atoms with Crippen LogP contribution in [0, 0.1) is 0 Å². The van der Waals surface area contributed by atoms with Gasteiger partial charge in [0.05, 0.1) is 33.2 Å². The molecule has 0 aliphatic heterocycles. The molecule has 0 aliphatic carbocycles. The van der Waals surface area contributed by atoms with Crippen LogP contribution in [0.1, 0.15) is 53.3 Å². The van der Waals surface area contributed by atoms with Crippen LogP contribution in [0.3, 0.4) is 0 Å². The molecule has 4 heterocycles. The lowest BCUT2D eigenvalue weighted by molar-refractivity contribution is -0.138. The van der Waals surface area contributed by atoms with Crippen molar-refractivity contribution in [1.29, 1.82) is 0 Å². The summed E-state index contributed by atoms with van der Waals surface area (Å²) in [5, 5.41) is 16.2. The van der Waals surface area contributed by atoms with Gasteiger partial charge < -0.3 is 46.2 Å². The van der Waals surface area contributed by atoms with Gasteiger partial charge in [0, 0.05) is 50.0 Å². The van der Waals surface area contributed by atoms with Gasteiger partial charge >= 0.3 is 18.3 Å². The quantitative estimate of drug-likeness (QED) is 0.0532. The summed E-state index contributed by atoms with van der Waals surface area (Å²) in [6.07, 6.45) is -5.98. The lowest BCUT2D eigenvalue weighted by Crippen LogP contribution is -2.18. The molecule has 0 radical (unpaired) electrons. The molecule has 0 fully saturated rings. The minimum Gasteiger partial charge on any atom is -0.475 e. The van der Waals surface area contributed by atoms with Crippen molar-refractivity contribution in [3.05, 3.63) is 156 Å². The first kappa shape index (κ1) is 47.5. The Morgan fingerprint density at radius 2 is 1.00 bits per heavy atom. The zero-order chi connectivity index (χ0) is 48.5. The first-order valence-corrected chi connectivity index (χ1v) is 19.2. The molecule has 0 saturated heterocycles. The molecule has 8 aromatic rings. The van der Waals surface area contributed by atoms with Gasteiger partial charge in [-0.3, -0.25) is 24.4 Å². The number of aromatic carboxylic acids is 1. The average Bonchev–Trinajstić information content (AvgIpc) is 3.95. The van der Waals surface area contributed by atoms with E-state index in [1.165, 1.54) is 31.6 Å². The van der Waals surface area contributed by atoms with Gasteiger partial charge in [-0.05, 0) is 97.1 Å². The van der Waals surface area contributed by atoms with Crippen molar-refractivity contribution < 1.29 is 60.1 Å². The SMILES string of the molecule is CNC(=O)c1cc(Oc2ccc(N)cc2)ccn1.CNC(=O)c1cc(Oc2ccc(NC(=O)c3nc4ccc(C(F)(F)F)cc4[nH]3)cc2)ccn1.O=C(O)c1nc2ccc(C(F)(F)F)cc2[nH]1. The van der Waals surface area contributed by atoms with Crippen LogP contribution in [0.25, 0.3) is 22.1 Å². The zero-order valence-electron chi connectivity index (χ0n) is 34.6. The van der Waals surface area contributed by atoms with Gasteiger partial charge in [-0.2, -0.15) is 26.3 Å². The Morgan fingerprint density at radius 3 is 1.43 bits per heavy atom. The Hall–Kier alpha value is -9.02. The summed E-state index contributed by atoms with van der Waals surface area (Å²) in [5.74, 6) is -0.977. The van der Waals surface area contributed by atoms with Crippen molar-refractivity contribution in [2.75, 3.05) is 25.1 Å². The summed E-state index contributed by atoms with van der Waals surface area (Å²) in [6.45, 7) is 0. The molecule has 0 spiro atoms. The Kier molecular flexibility index (Phi) is 14.3. The highest BCUT2D eigenvalue weighted by atomic mass is 19.4. The number of nitrogens with one attached hydrogen (secondary N) is 5. The Balaban J connectivity index is 0.000000183. The van der Waals surface area contributed by atoms with Crippen molar-refractivity contribution >= 4 is 57.1 Å². The van der Waals surface area contributed by atoms with Gasteiger partial charge in [0.1, 0.15) is 34.4 Å². The van der Waals surface area contributed by atoms with Crippen LogP contribution in [0.2, 0.25) is 0 Å². The summed E-state index contributed by atoms with van der Waals surface area (Å²) in [4.78, 5) is 66.6. The van der Waals surface area contributed by atoms with Gasteiger partial charge in [0.2, 0.25) is 5.82 Å². The van der Waals surface area contributed by atoms with E-state index >= 15 is 0 Å². The van der Waals surface area contributed by atoms with E-state index in [2.05, 4.69) is 45.9 Å². The molecule has 67 heavy (non-hydrogen) atoms. The number of nitrogens with zero attached hydrogens (tertiary/aromatic N) is 4. The molecule has 4 aromatic heterocycles. The predicted octanol–water partition coefficient (Wildman–Crippen LogP) is 8.48. The van der Waals surface area contributed by atoms with E-state index in [1.54, 1.807) is 73.8 Å². The topological polar surface area (TPSA) is 252 Å². The fraction of sp³-hybridized carbons (Fsp3) is 0.0909.